The zero-order chi connectivity index (χ0) is 25.5. The smallest absolute Gasteiger partial charge is 0.220 e. The lowest BCUT2D eigenvalue weighted by Crippen LogP contribution is -2.34. The zero-order valence-electron chi connectivity index (χ0n) is 21.7. The molecule has 1 aromatic heterocycles. The van der Waals surface area contributed by atoms with E-state index in [0.717, 1.165) is 48.5 Å². The number of aromatic amines is 1. The first-order valence-corrected chi connectivity index (χ1v) is 13.6. The minimum absolute atomic E-state index is 0.0455. The van der Waals surface area contributed by atoms with E-state index in [1.807, 2.05) is 30.3 Å². The molecule has 37 heavy (non-hydrogen) atoms. The van der Waals surface area contributed by atoms with Crippen molar-refractivity contribution in [2.75, 3.05) is 26.2 Å². The molecule has 4 aromatic rings. The number of nitrogens with one attached hydrogen (secondary N) is 2. The first-order valence-electron chi connectivity index (χ1n) is 13.6. The molecule has 3 aromatic carbocycles. The molecule has 2 N–H and O–H groups in total. The van der Waals surface area contributed by atoms with Crippen LogP contribution in [0, 0.1) is 0 Å². The van der Waals surface area contributed by atoms with Gasteiger partial charge in [-0.15, -0.1) is 0 Å². The third kappa shape index (κ3) is 6.23. The number of aromatic nitrogens is 1. The Balaban J connectivity index is 1.34. The van der Waals surface area contributed by atoms with Gasteiger partial charge in [0.2, 0.25) is 5.91 Å². The Labute approximate surface area is 219 Å². The van der Waals surface area contributed by atoms with E-state index >= 15 is 0 Å². The number of para-hydroxylation sites is 1. The largest absolute Gasteiger partial charge is 0.489 e. The highest BCUT2D eigenvalue weighted by atomic mass is 16.5. The third-order valence-electron chi connectivity index (χ3n) is 7.46. The summed E-state index contributed by atoms with van der Waals surface area (Å²) in [5, 5.41) is 4.37. The maximum absolute atomic E-state index is 13.1. The van der Waals surface area contributed by atoms with Gasteiger partial charge in [-0.2, -0.15) is 0 Å². The number of hydrogen-bond acceptors (Lipinski definition) is 3. The maximum Gasteiger partial charge on any atom is 0.220 e. The molecule has 1 amide bonds. The van der Waals surface area contributed by atoms with Crippen LogP contribution in [0.4, 0.5) is 0 Å². The standard InChI is InChI=1S/C32H37N3O2/c1-2-25-11-8-12-28-30(22-34-32(25)28)29(21-31(36)33-17-20-35-18-6-7-19-35)26-13-15-27(16-14-26)37-23-24-9-4-3-5-10-24/h3-5,8-16,22,29,34H,2,6-7,17-21,23H2,1H3,(H,33,36). The number of ether oxygens (including phenoxy) is 1. The van der Waals surface area contributed by atoms with Crippen LogP contribution in [0.5, 0.6) is 5.75 Å². The Morgan fingerprint density at radius 1 is 1.00 bits per heavy atom. The van der Waals surface area contributed by atoms with E-state index in [-0.39, 0.29) is 11.8 Å². The van der Waals surface area contributed by atoms with E-state index in [9.17, 15) is 4.79 Å². The van der Waals surface area contributed by atoms with Crippen molar-refractivity contribution < 1.29 is 9.53 Å². The highest BCUT2D eigenvalue weighted by Gasteiger charge is 2.22. The highest BCUT2D eigenvalue weighted by Crippen LogP contribution is 2.35. The SMILES string of the molecule is CCc1cccc2c(C(CC(=O)NCCN3CCCC3)c3ccc(OCc4ccccc4)cc3)c[nH]c12. The van der Waals surface area contributed by atoms with Crippen LogP contribution in [-0.4, -0.2) is 42.0 Å². The molecule has 5 rings (SSSR count). The molecule has 0 spiro atoms. The van der Waals surface area contributed by atoms with Crippen molar-refractivity contribution in [2.24, 2.45) is 0 Å². The van der Waals surface area contributed by atoms with Crippen LogP contribution >= 0.6 is 0 Å². The van der Waals surface area contributed by atoms with E-state index in [4.69, 9.17) is 4.74 Å². The molecule has 5 heteroatoms. The summed E-state index contributed by atoms with van der Waals surface area (Å²) in [6.07, 6.45) is 5.99. The summed E-state index contributed by atoms with van der Waals surface area (Å²) in [5.74, 6) is 0.874. The van der Waals surface area contributed by atoms with E-state index in [1.165, 1.54) is 29.3 Å². The number of amides is 1. The van der Waals surface area contributed by atoms with Gasteiger partial charge in [0.15, 0.2) is 0 Å². The number of aryl methyl sites for hydroxylation is 1. The molecule has 1 fully saturated rings. The first kappa shape index (κ1) is 25.1. The van der Waals surface area contributed by atoms with Crippen LogP contribution in [0.1, 0.15) is 54.4 Å². The minimum atomic E-state index is -0.0455. The van der Waals surface area contributed by atoms with Gasteiger partial charge in [0.25, 0.3) is 0 Å². The molecular weight excluding hydrogens is 458 g/mol. The lowest BCUT2D eigenvalue weighted by molar-refractivity contribution is -0.121. The number of H-pyrrole nitrogens is 1. The van der Waals surface area contributed by atoms with Gasteiger partial charge < -0.3 is 19.9 Å². The fraction of sp³-hybridized carbons (Fsp3) is 0.344. The van der Waals surface area contributed by atoms with Gasteiger partial charge in [0, 0.05) is 42.5 Å². The van der Waals surface area contributed by atoms with Crippen LogP contribution < -0.4 is 10.1 Å². The number of carbonyl (C=O) groups excluding carboxylic acids is 1. The summed E-state index contributed by atoms with van der Waals surface area (Å²) in [6.45, 7) is 6.63. The molecule has 2 heterocycles. The van der Waals surface area contributed by atoms with Crippen molar-refractivity contribution in [1.29, 1.82) is 0 Å². The van der Waals surface area contributed by atoms with Crippen LogP contribution in [0.3, 0.4) is 0 Å². The normalized spacial score (nSPS) is 14.6. The average Bonchev–Trinajstić information content (AvgIpc) is 3.62. The maximum atomic E-state index is 13.1. The van der Waals surface area contributed by atoms with Crippen LogP contribution in [-0.2, 0) is 17.8 Å². The van der Waals surface area contributed by atoms with E-state index < -0.39 is 0 Å². The second-order valence-electron chi connectivity index (χ2n) is 9.94. The highest BCUT2D eigenvalue weighted by molar-refractivity contribution is 5.88. The Hall–Kier alpha value is -3.57. The van der Waals surface area contributed by atoms with E-state index in [2.05, 4.69) is 70.8 Å². The van der Waals surface area contributed by atoms with E-state index in [1.54, 1.807) is 0 Å². The Morgan fingerprint density at radius 2 is 1.78 bits per heavy atom. The number of fused-ring (bicyclic) bond motifs is 1. The van der Waals surface area contributed by atoms with Crippen LogP contribution in [0.2, 0.25) is 0 Å². The van der Waals surface area contributed by atoms with E-state index in [0.29, 0.717) is 19.6 Å². The van der Waals surface area contributed by atoms with Gasteiger partial charge in [-0.05, 0) is 66.7 Å². The monoisotopic (exact) mass is 495 g/mol. The van der Waals surface area contributed by atoms with Crippen LogP contribution in [0.25, 0.3) is 10.9 Å². The van der Waals surface area contributed by atoms with Crippen molar-refractivity contribution in [3.8, 4) is 5.75 Å². The Bertz CT molecular complexity index is 1290. The molecule has 0 bridgehead atoms. The van der Waals surface area contributed by atoms with Gasteiger partial charge in [-0.3, -0.25) is 4.79 Å². The van der Waals surface area contributed by atoms with Gasteiger partial charge in [-0.25, -0.2) is 0 Å². The molecular formula is C32H37N3O2. The average molecular weight is 496 g/mol. The zero-order valence-corrected chi connectivity index (χ0v) is 21.7. The number of carbonyl (C=O) groups is 1. The molecule has 192 valence electrons. The lowest BCUT2D eigenvalue weighted by Gasteiger charge is -2.19. The molecule has 1 aliphatic rings. The number of benzene rings is 3. The molecule has 0 saturated carbocycles. The van der Waals surface area contributed by atoms with Crippen molar-refractivity contribution >= 4 is 16.8 Å². The summed E-state index contributed by atoms with van der Waals surface area (Å²) in [6, 6.07) is 24.9. The van der Waals surface area contributed by atoms with Gasteiger partial charge in [-0.1, -0.05) is 67.6 Å². The number of hydrogen-bond donors (Lipinski definition) is 2. The summed E-state index contributed by atoms with van der Waals surface area (Å²) < 4.78 is 6.01. The van der Waals surface area contributed by atoms with Gasteiger partial charge in [0.05, 0.1) is 0 Å². The lowest BCUT2D eigenvalue weighted by atomic mass is 9.87. The molecule has 1 unspecified atom stereocenters. The summed E-state index contributed by atoms with van der Waals surface area (Å²) in [7, 11) is 0. The molecule has 0 radical (unpaired) electrons. The van der Waals surface area contributed by atoms with Crippen molar-refractivity contribution in [3.63, 3.8) is 0 Å². The van der Waals surface area contributed by atoms with Crippen molar-refractivity contribution in [2.45, 2.75) is 45.1 Å². The summed E-state index contributed by atoms with van der Waals surface area (Å²) in [5.41, 5.74) is 5.88. The quantitative estimate of drug-likeness (QED) is 0.267. The predicted octanol–water partition coefficient (Wildman–Crippen LogP) is 6.04. The number of rotatable bonds is 11. The second kappa shape index (κ2) is 12.1. The minimum Gasteiger partial charge on any atom is -0.489 e. The Kier molecular flexibility index (Phi) is 8.21. The number of nitrogens with zero attached hydrogens (tertiary/aromatic N) is 1. The van der Waals surface area contributed by atoms with Crippen LogP contribution in [0.15, 0.2) is 79.0 Å². The van der Waals surface area contributed by atoms with Gasteiger partial charge >= 0.3 is 0 Å². The second-order valence-corrected chi connectivity index (χ2v) is 9.94. The number of likely N-dealkylation sites (tertiary alicyclic amines) is 1. The van der Waals surface area contributed by atoms with Gasteiger partial charge in [0.1, 0.15) is 12.4 Å². The molecule has 0 aliphatic carbocycles. The fourth-order valence-electron chi connectivity index (χ4n) is 5.38. The topological polar surface area (TPSA) is 57.4 Å². The molecule has 1 aliphatic heterocycles. The molecule has 1 saturated heterocycles. The van der Waals surface area contributed by atoms with Crippen molar-refractivity contribution in [1.82, 2.24) is 15.2 Å². The van der Waals surface area contributed by atoms with Crippen molar-refractivity contribution in [3.05, 3.63) is 101 Å². The predicted molar refractivity (Wildman–Crippen MR) is 150 cm³/mol. The Morgan fingerprint density at radius 3 is 2.54 bits per heavy atom. The fourth-order valence-corrected chi connectivity index (χ4v) is 5.38. The molecule has 1 atom stereocenters. The summed E-state index contributed by atoms with van der Waals surface area (Å²) in [4.78, 5) is 19.0. The first-order chi connectivity index (χ1) is 18.2. The summed E-state index contributed by atoms with van der Waals surface area (Å²) >= 11 is 0. The molecule has 5 nitrogen and oxygen atoms in total. The third-order valence-corrected chi connectivity index (χ3v) is 7.46.